The summed E-state index contributed by atoms with van der Waals surface area (Å²) in [4.78, 5) is 33.8. The summed E-state index contributed by atoms with van der Waals surface area (Å²) in [5.41, 5.74) is 7.52. The number of fused-ring (bicyclic) bond motifs is 1. The average molecular weight is 422 g/mol. The molecule has 0 aliphatic rings. The van der Waals surface area contributed by atoms with Gasteiger partial charge in [0.25, 0.3) is 0 Å². The molecule has 3 amide bonds. The number of nitrogens with zero attached hydrogens (tertiary/aromatic N) is 1. The zero-order chi connectivity index (χ0) is 22.8. The number of amides is 3. The Balaban J connectivity index is 0.000000785. The van der Waals surface area contributed by atoms with Crippen molar-refractivity contribution >= 4 is 34.2 Å². The normalized spacial score (nSPS) is 11.1. The Bertz CT molecular complexity index is 1040. The number of nitrogens with two attached hydrogens (primary N) is 2. The van der Waals surface area contributed by atoms with Crippen molar-refractivity contribution in [3.05, 3.63) is 78.4 Å². The highest BCUT2D eigenvalue weighted by Crippen LogP contribution is 2.22. The number of anilines is 1. The van der Waals surface area contributed by atoms with E-state index in [-0.39, 0.29) is 12.3 Å². The van der Waals surface area contributed by atoms with E-state index in [1.807, 2.05) is 48.5 Å². The molecular weight excluding hydrogens is 396 g/mol. The lowest BCUT2D eigenvalue weighted by Gasteiger charge is -2.23. The Hall–Kier alpha value is -3.75. The molecule has 162 valence electrons. The quantitative estimate of drug-likeness (QED) is 0.209. The van der Waals surface area contributed by atoms with Gasteiger partial charge in [0, 0.05) is 13.3 Å². The van der Waals surface area contributed by atoms with E-state index in [1.165, 1.54) is 6.92 Å². The largest absolute Gasteiger partial charge is 0.370 e. The Labute approximate surface area is 180 Å². The van der Waals surface area contributed by atoms with Crippen LogP contribution in [0.15, 0.2) is 72.8 Å². The molecule has 0 aliphatic carbocycles. The van der Waals surface area contributed by atoms with Gasteiger partial charge < -0.3 is 5.73 Å². The first-order valence-electron chi connectivity index (χ1n) is 9.62. The smallest absolute Gasteiger partial charge is 0.245 e. The number of carbonyl (C=O) groups excluding carboxylic acids is 3. The fourth-order valence-electron chi connectivity index (χ4n) is 3.08. The van der Waals surface area contributed by atoms with Gasteiger partial charge in [0.05, 0.1) is 11.6 Å². The highest BCUT2D eigenvalue weighted by atomic mass is 16.5. The number of benzene rings is 3. The van der Waals surface area contributed by atoms with Crippen LogP contribution in [0.3, 0.4) is 0 Å². The highest BCUT2D eigenvalue weighted by molar-refractivity contribution is 5.96. The fourth-order valence-corrected chi connectivity index (χ4v) is 3.08. The van der Waals surface area contributed by atoms with E-state index in [1.54, 1.807) is 29.7 Å². The maximum Gasteiger partial charge on any atom is 0.245 e. The Morgan fingerprint density at radius 2 is 1.55 bits per heavy atom. The molecule has 0 saturated carbocycles. The Morgan fingerprint density at radius 3 is 2.16 bits per heavy atom. The topological polar surface area (TPSA) is 139 Å². The van der Waals surface area contributed by atoms with Crippen LogP contribution in [0.2, 0.25) is 0 Å². The molecule has 0 heterocycles. The molecule has 0 saturated heterocycles. The van der Waals surface area contributed by atoms with Crippen molar-refractivity contribution in [1.29, 1.82) is 0 Å². The van der Waals surface area contributed by atoms with Crippen LogP contribution in [-0.4, -0.2) is 22.9 Å². The third kappa shape index (κ3) is 7.22. The molecule has 0 aromatic heterocycles. The van der Waals surface area contributed by atoms with Gasteiger partial charge in [-0.15, -0.1) is 0 Å². The molecular formula is C23H26N4O4. The predicted octanol–water partition coefficient (Wildman–Crippen LogP) is 2.29. The summed E-state index contributed by atoms with van der Waals surface area (Å²) < 4.78 is 0. The summed E-state index contributed by atoms with van der Waals surface area (Å²) in [5, 5.41) is 12.1. The summed E-state index contributed by atoms with van der Waals surface area (Å²) in [7, 11) is 0. The van der Waals surface area contributed by atoms with Crippen molar-refractivity contribution < 1.29 is 19.6 Å². The molecule has 0 fully saturated rings. The lowest BCUT2D eigenvalue weighted by Crippen LogP contribution is -2.43. The van der Waals surface area contributed by atoms with Crippen LogP contribution < -0.4 is 22.1 Å². The van der Waals surface area contributed by atoms with Crippen LogP contribution in [-0.2, 0) is 20.8 Å². The van der Waals surface area contributed by atoms with Crippen LogP contribution in [0.5, 0.6) is 0 Å². The van der Waals surface area contributed by atoms with Gasteiger partial charge in [0.2, 0.25) is 17.7 Å². The van der Waals surface area contributed by atoms with Crippen molar-refractivity contribution in [2.45, 2.75) is 19.8 Å². The van der Waals surface area contributed by atoms with E-state index in [4.69, 9.17) is 11.0 Å². The van der Waals surface area contributed by atoms with Crippen molar-refractivity contribution in [2.24, 2.45) is 17.5 Å². The van der Waals surface area contributed by atoms with E-state index >= 15 is 0 Å². The zero-order valence-electron chi connectivity index (χ0n) is 17.2. The molecule has 8 heteroatoms. The van der Waals surface area contributed by atoms with E-state index in [9.17, 15) is 14.4 Å². The number of nitrogens with one attached hydrogen (secondary N) is 1. The van der Waals surface area contributed by atoms with Gasteiger partial charge in [0.1, 0.15) is 0 Å². The first-order chi connectivity index (χ1) is 14.8. The maximum absolute atomic E-state index is 12.9. The Kier molecular flexibility index (Phi) is 8.68. The molecule has 31 heavy (non-hydrogen) atoms. The third-order valence-electron chi connectivity index (χ3n) is 4.47. The van der Waals surface area contributed by atoms with E-state index in [0.29, 0.717) is 12.1 Å². The summed E-state index contributed by atoms with van der Waals surface area (Å²) >= 11 is 0. The summed E-state index contributed by atoms with van der Waals surface area (Å²) in [6, 6.07) is 22.7. The molecule has 0 radical (unpaired) electrons. The van der Waals surface area contributed by atoms with Crippen LogP contribution in [0.4, 0.5) is 5.69 Å². The number of rotatable bonds is 6. The van der Waals surface area contributed by atoms with Gasteiger partial charge in [-0.25, -0.2) is 16.3 Å². The van der Waals surface area contributed by atoms with Crippen LogP contribution in [0.1, 0.15) is 18.9 Å². The second-order valence-corrected chi connectivity index (χ2v) is 6.98. The van der Waals surface area contributed by atoms with E-state index in [2.05, 4.69) is 5.73 Å². The first kappa shape index (κ1) is 23.5. The number of carbonyl (C=O) groups is 3. The van der Waals surface area contributed by atoms with Gasteiger partial charge >= 0.3 is 0 Å². The summed E-state index contributed by atoms with van der Waals surface area (Å²) in [6.07, 6.45) is 0.167. The molecule has 3 aromatic rings. The summed E-state index contributed by atoms with van der Waals surface area (Å²) in [5.74, 6) is 3.93. The average Bonchev–Trinajstić information content (AvgIpc) is 2.77. The molecule has 0 aliphatic heterocycles. The molecule has 0 unspecified atom stereocenters. The number of hydrogen-bond acceptors (Lipinski definition) is 5. The molecule has 0 spiro atoms. The zero-order valence-corrected chi connectivity index (χ0v) is 17.2. The van der Waals surface area contributed by atoms with Crippen LogP contribution in [0, 0.1) is 5.92 Å². The standard InChI is InChI=1S/C21H21N3O3.C2H5NO/c22-24(19-8-2-1-3-9-19)21(26)18(14-20(25)23-27)13-15-10-11-16-6-4-5-7-17(16)12-15;1-2(3)4/h1-12,18,27H,13-14,22H2,(H,23,25);1H3,(H2,3,4)/t18-;/m1./s1. The number of primary amides is 1. The monoisotopic (exact) mass is 422 g/mol. The molecule has 3 aromatic carbocycles. The minimum absolute atomic E-state index is 0.164. The molecule has 8 nitrogen and oxygen atoms in total. The number of hydrazine groups is 1. The minimum Gasteiger partial charge on any atom is -0.370 e. The van der Waals surface area contributed by atoms with Crippen LogP contribution >= 0.6 is 0 Å². The second kappa shape index (κ2) is 11.4. The SMILES string of the molecule is CC(N)=O.NN(C(=O)[C@@H](CC(=O)NO)Cc1ccc2ccccc2c1)c1ccccc1. The third-order valence-corrected chi connectivity index (χ3v) is 4.47. The van der Waals surface area contributed by atoms with Gasteiger partial charge in [0.15, 0.2) is 0 Å². The predicted molar refractivity (Wildman–Crippen MR) is 119 cm³/mol. The maximum atomic E-state index is 12.9. The number of hydroxylamine groups is 1. The summed E-state index contributed by atoms with van der Waals surface area (Å²) in [6.45, 7) is 1.31. The van der Waals surface area contributed by atoms with Gasteiger partial charge in [-0.05, 0) is 34.9 Å². The highest BCUT2D eigenvalue weighted by Gasteiger charge is 2.26. The van der Waals surface area contributed by atoms with Crippen molar-refractivity contribution in [2.75, 3.05) is 5.01 Å². The molecule has 0 bridgehead atoms. The van der Waals surface area contributed by atoms with Crippen molar-refractivity contribution in [1.82, 2.24) is 5.48 Å². The minimum atomic E-state index is -0.705. The molecule has 3 rings (SSSR count). The lowest BCUT2D eigenvalue weighted by atomic mass is 9.93. The van der Waals surface area contributed by atoms with Gasteiger partial charge in [-0.2, -0.15) is 0 Å². The Morgan fingerprint density at radius 1 is 0.968 bits per heavy atom. The lowest BCUT2D eigenvalue weighted by molar-refractivity contribution is -0.133. The number of para-hydroxylation sites is 1. The fraction of sp³-hybridized carbons (Fsp3) is 0.174. The molecule has 6 N–H and O–H groups in total. The van der Waals surface area contributed by atoms with E-state index in [0.717, 1.165) is 21.3 Å². The first-order valence-corrected chi connectivity index (χ1v) is 9.62. The van der Waals surface area contributed by atoms with Crippen molar-refractivity contribution in [3.8, 4) is 0 Å². The van der Waals surface area contributed by atoms with Gasteiger partial charge in [-0.1, -0.05) is 60.7 Å². The second-order valence-electron chi connectivity index (χ2n) is 6.98. The van der Waals surface area contributed by atoms with Crippen molar-refractivity contribution in [3.63, 3.8) is 0 Å². The van der Waals surface area contributed by atoms with E-state index < -0.39 is 17.7 Å². The van der Waals surface area contributed by atoms with Gasteiger partial charge in [-0.3, -0.25) is 19.6 Å². The number of hydrogen-bond donors (Lipinski definition) is 4. The molecule has 1 atom stereocenters. The van der Waals surface area contributed by atoms with Crippen LogP contribution in [0.25, 0.3) is 10.8 Å².